The second kappa shape index (κ2) is 6.04. The molecule has 0 radical (unpaired) electrons. The number of hydrogen-bond acceptors (Lipinski definition) is 3. The maximum absolute atomic E-state index is 5.43. The summed E-state index contributed by atoms with van der Waals surface area (Å²) < 4.78 is 10.8. The zero-order chi connectivity index (χ0) is 14.8. The maximum Gasteiger partial charge on any atom is 0.161 e. The number of hydrogen-bond donors (Lipinski definition) is 1. The van der Waals surface area contributed by atoms with E-state index < -0.39 is 0 Å². The van der Waals surface area contributed by atoms with Crippen molar-refractivity contribution >= 4 is 0 Å². The summed E-state index contributed by atoms with van der Waals surface area (Å²) in [6, 6.07) is 6.68. The molecule has 2 atom stereocenters. The minimum absolute atomic E-state index is 0.407. The molecular weight excluding hydrogens is 250 g/mol. The molecule has 0 aliphatic heterocycles. The molecule has 0 aromatic heterocycles. The van der Waals surface area contributed by atoms with E-state index in [1.807, 2.05) is 6.07 Å². The van der Waals surface area contributed by atoms with Crippen molar-refractivity contribution in [2.45, 2.75) is 39.7 Å². The number of benzene rings is 1. The number of methoxy groups -OCH3 is 2. The van der Waals surface area contributed by atoms with Crippen LogP contribution in [0.1, 0.15) is 45.2 Å². The van der Waals surface area contributed by atoms with Gasteiger partial charge in [-0.2, -0.15) is 0 Å². The largest absolute Gasteiger partial charge is 0.493 e. The second-order valence-electron chi connectivity index (χ2n) is 6.35. The Morgan fingerprint density at radius 1 is 1.25 bits per heavy atom. The highest BCUT2D eigenvalue weighted by molar-refractivity contribution is 5.44. The van der Waals surface area contributed by atoms with E-state index in [4.69, 9.17) is 9.47 Å². The van der Waals surface area contributed by atoms with Crippen molar-refractivity contribution in [2.24, 2.45) is 11.3 Å². The van der Waals surface area contributed by atoms with E-state index in [1.165, 1.54) is 12.0 Å². The Balaban J connectivity index is 2.24. The normalized spacial score (nSPS) is 21.4. The van der Waals surface area contributed by atoms with Crippen LogP contribution in [0.2, 0.25) is 0 Å². The van der Waals surface area contributed by atoms with E-state index in [0.717, 1.165) is 24.5 Å². The summed E-state index contributed by atoms with van der Waals surface area (Å²) in [4.78, 5) is 0. The van der Waals surface area contributed by atoms with Gasteiger partial charge in [-0.1, -0.05) is 26.8 Å². The molecule has 1 aliphatic carbocycles. The van der Waals surface area contributed by atoms with Crippen molar-refractivity contribution < 1.29 is 9.47 Å². The summed E-state index contributed by atoms with van der Waals surface area (Å²) in [5.41, 5.74) is 1.74. The first-order chi connectivity index (χ1) is 9.53. The molecule has 112 valence electrons. The molecule has 2 unspecified atom stereocenters. The van der Waals surface area contributed by atoms with Gasteiger partial charge in [0.1, 0.15) is 0 Å². The Labute approximate surface area is 122 Å². The molecule has 0 heterocycles. The highest BCUT2D eigenvalue weighted by Gasteiger charge is 2.50. The maximum atomic E-state index is 5.43. The topological polar surface area (TPSA) is 30.5 Å². The Hall–Kier alpha value is -1.22. The van der Waals surface area contributed by atoms with E-state index in [9.17, 15) is 0 Å². The first kappa shape index (κ1) is 15.2. The number of rotatable bonds is 7. The van der Waals surface area contributed by atoms with Crippen LogP contribution < -0.4 is 14.8 Å². The smallest absolute Gasteiger partial charge is 0.161 e. The van der Waals surface area contributed by atoms with Gasteiger partial charge in [0, 0.05) is 6.04 Å². The lowest BCUT2D eigenvalue weighted by molar-refractivity contribution is 0.352. The summed E-state index contributed by atoms with van der Waals surface area (Å²) in [6.45, 7) is 7.94. The van der Waals surface area contributed by atoms with Crippen LogP contribution in [0, 0.1) is 11.3 Å². The van der Waals surface area contributed by atoms with Gasteiger partial charge in [0.25, 0.3) is 0 Å². The lowest BCUT2D eigenvalue weighted by Gasteiger charge is -2.22. The molecule has 1 fully saturated rings. The first-order valence-electron chi connectivity index (χ1n) is 7.48. The summed E-state index contributed by atoms with van der Waals surface area (Å²) in [6.07, 6.45) is 2.43. The molecule has 1 aliphatic rings. The quantitative estimate of drug-likeness (QED) is 0.822. The summed E-state index contributed by atoms with van der Waals surface area (Å²) in [5.74, 6) is 2.31. The minimum Gasteiger partial charge on any atom is -0.493 e. The van der Waals surface area contributed by atoms with Crippen LogP contribution in [0.15, 0.2) is 18.2 Å². The molecule has 20 heavy (non-hydrogen) atoms. The molecular formula is C17H27NO2. The molecule has 0 saturated heterocycles. The predicted molar refractivity (Wildman–Crippen MR) is 82.5 cm³/mol. The van der Waals surface area contributed by atoms with Crippen LogP contribution in [0.4, 0.5) is 0 Å². The average Bonchev–Trinajstić information content (AvgIpc) is 3.07. The fourth-order valence-electron chi connectivity index (χ4n) is 2.92. The molecule has 3 nitrogen and oxygen atoms in total. The van der Waals surface area contributed by atoms with Crippen LogP contribution >= 0.6 is 0 Å². The van der Waals surface area contributed by atoms with Gasteiger partial charge in [0.15, 0.2) is 11.5 Å². The van der Waals surface area contributed by atoms with Gasteiger partial charge in [0.2, 0.25) is 0 Å². The molecule has 3 heteroatoms. The van der Waals surface area contributed by atoms with E-state index in [2.05, 4.69) is 38.2 Å². The Kier molecular flexibility index (Phi) is 4.59. The highest BCUT2D eigenvalue weighted by atomic mass is 16.5. The van der Waals surface area contributed by atoms with Gasteiger partial charge in [-0.25, -0.2) is 0 Å². The lowest BCUT2D eigenvalue weighted by Crippen LogP contribution is -2.25. The highest BCUT2D eigenvalue weighted by Crippen LogP contribution is 2.58. The van der Waals surface area contributed by atoms with Crippen LogP contribution in [-0.2, 0) is 0 Å². The molecule has 1 aromatic carbocycles. The minimum atomic E-state index is 0.407. The monoisotopic (exact) mass is 277 g/mol. The van der Waals surface area contributed by atoms with Crippen molar-refractivity contribution in [3.8, 4) is 11.5 Å². The number of nitrogens with one attached hydrogen (secondary N) is 1. The lowest BCUT2D eigenvalue weighted by atomic mass is 9.96. The van der Waals surface area contributed by atoms with Crippen LogP contribution in [0.5, 0.6) is 11.5 Å². The van der Waals surface area contributed by atoms with E-state index in [1.54, 1.807) is 14.2 Å². The molecule has 1 aromatic rings. The van der Waals surface area contributed by atoms with Gasteiger partial charge in [-0.3, -0.25) is 0 Å². The standard InChI is InChI=1S/C17H27NO2/c1-6-9-18-16(13-11-17(13,2)3)12-7-8-14(19-4)15(10-12)20-5/h7-8,10,13,16,18H,6,9,11H2,1-5H3. The Morgan fingerprint density at radius 2 is 1.90 bits per heavy atom. The molecule has 0 amide bonds. The van der Waals surface area contributed by atoms with Crippen molar-refractivity contribution in [3.63, 3.8) is 0 Å². The van der Waals surface area contributed by atoms with Crippen molar-refractivity contribution in [3.05, 3.63) is 23.8 Å². The van der Waals surface area contributed by atoms with Gasteiger partial charge in [-0.15, -0.1) is 0 Å². The third-order valence-corrected chi connectivity index (χ3v) is 4.37. The molecule has 1 saturated carbocycles. The van der Waals surface area contributed by atoms with Crippen molar-refractivity contribution in [1.29, 1.82) is 0 Å². The summed E-state index contributed by atoms with van der Waals surface area (Å²) in [7, 11) is 3.37. The second-order valence-corrected chi connectivity index (χ2v) is 6.35. The molecule has 2 rings (SSSR count). The van der Waals surface area contributed by atoms with Gasteiger partial charge in [0.05, 0.1) is 14.2 Å². The summed E-state index contributed by atoms with van der Waals surface area (Å²) in [5, 5.41) is 3.70. The molecule has 0 bridgehead atoms. The third-order valence-electron chi connectivity index (χ3n) is 4.37. The van der Waals surface area contributed by atoms with Gasteiger partial charge >= 0.3 is 0 Å². The van der Waals surface area contributed by atoms with E-state index in [-0.39, 0.29) is 0 Å². The number of ether oxygens (including phenoxy) is 2. The van der Waals surface area contributed by atoms with Gasteiger partial charge in [-0.05, 0) is 48.4 Å². The van der Waals surface area contributed by atoms with Crippen molar-refractivity contribution in [1.82, 2.24) is 5.32 Å². The first-order valence-corrected chi connectivity index (χ1v) is 7.48. The Bertz CT molecular complexity index is 456. The SMILES string of the molecule is CCCNC(c1ccc(OC)c(OC)c1)C1CC1(C)C. The molecule has 0 spiro atoms. The van der Waals surface area contributed by atoms with Gasteiger partial charge < -0.3 is 14.8 Å². The third kappa shape index (κ3) is 3.09. The zero-order valence-corrected chi connectivity index (χ0v) is 13.3. The fraction of sp³-hybridized carbons (Fsp3) is 0.647. The predicted octanol–water partition coefficient (Wildman–Crippen LogP) is 3.79. The zero-order valence-electron chi connectivity index (χ0n) is 13.3. The van der Waals surface area contributed by atoms with Crippen LogP contribution in [-0.4, -0.2) is 20.8 Å². The molecule has 1 N–H and O–H groups in total. The van der Waals surface area contributed by atoms with E-state index >= 15 is 0 Å². The average molecular weight is 277 g/mol. The van der Waals surface area contributed by atoms with E-state index in [0.29, 0.717) is 17.4 Å². The van der Waals surface area contributed by atoms with Crippen LogP contribution in [0.3, 0.4) is 0 Å². The van der Waals surface area contributed by atoms with Crippen molar-refractivity contribution in [2.75, 3.05) is 20.8 Å². The Morgan fingerprint density at radius 3 is 2.40 bits per heavy atom. The van der Waals surface area contributed by atoms with Crippen LogP contribution in [0.25, 0.3) is 0 Å². The summed E-state index contributed by atoms with van der Waals surface area (Å²) >= 11 is 0. The fourth-order valence-corrected chi connectivity index (χ4v) is 2.92.